The highest BCUT2D eigenvalue weighted by Crippen LogP contribution is 2.38. The number of rotatable bonds is 7. The summed E-state index contributed by atoms with van der Waals surface area (Å²) in [6, 6.07) is 6.55. The number of methoxy groups -OCH3 is 2. The average Bonchev–Trinajstić information content (AvgIpc) is 2.80. The first-order valence-electron chi connectivity index (χ1n) is 7.39. The van der Waals surface area contributed by atoms with Crippen LogP contribution in [0.15, 0.2) is 35.6 Å². The number of nitrogens with zero attached hydrogens (tertiary/aromatic N) is 1. The lowest BCUT2D eigenvalue weighted by Crippen LogP contribution is -2.32. The monoisotopic (exact) mass is 319 g/mol. The van der Waals surface area contributed by atoms with E-state index >= 15 is 0 Å². The van der Waals surface area contributed by atoms with Crippen LogP contribution in [0, 0.1) is 0 Å². The van der Waals surface area contributed by atoms with Crippen molar-refractivity contribution in [2.45, 2.75) is 19.4 Å². The summed E-state index contributed by atoms with van der Waals surface area (Å²) in [6.07, 6.45) is 0.612. The van der Waals surface area contributed by atoms with Crippen molar-refractivity contribution >= 4 is 11.7 Å². The molecule has 0 saturated heterocycles. The predicted molar refractivity (Wildman–Crippen MR) is 84.3 cm³/mol. The third-order valence-electron chi connectivity index (χ3n) is 3.84. The number of Topliss-reactive ketones (excluding diaryl/α,β-unsaturated/α-hetero) is 1. The molecule has 0 radical (unpaired) electrons. The molecule has 2 rings (SSSR count). The van der Waals surface area contributed by atoms with Crippen LogP contribution in [0.2, 0.25) is 0 Å². The molecule has 1 N–H and O–H groups in total. The van der Waals surface area contributed by atoms with Crippen LogP contribution in [0.25, 0.3) is 0 Å². The van der Waals surface area contributed by atoms with E-state index in [1.807, 2.05) is 6.07 Å². The van der Waals surface area contributed by atoms with Gasteiger partial charge in [-0.15, -0.1) is 0 Å². The van der Waals surface area contributed by atoms with Crippen molar-refractivity contribution in [3.05, 3.63) is 41.2 Å². The molecule has 1 atom stereocenters. The van der Waals surface area contributed by atoms with Crippen LogP contribution in [-0.4, -0.2) is 49.1 Å². The van der Waals surface area contributed by atoms with Gasteiger partial charge < -0.3 is 19.5 Å². The zero-order valence-corrected chi connectivity index (χ0v) is 13.5. The Hall–Kier alpha value is -2.34. The molecule has 0 fully saturated rings. The molecule has 0 saturated carbocycles. The minimum atomic E-state index is -0.605. The Bertz CT molecular complexity index is 638. The van der Waals surface area contributed by atoms with Crippen LogP contribution < -0.4 is 4.74 Å². The molecule has 1 aromatic carbocycles. The highest BCUT2D eigenvalue weighted by atomic mass is 16.5. The van der Waals surface area contributed by atoms with Gasteiger partial charge in [0.15, 0.2) is 11.5 Å². The second-order valence-electron chi connectivity index (χ2n) is 5.34. The Morgan fingerprint density at radius 1 is 1.35 bits per heavy atom. The second-order valence-corrected chi connectivity index (χ2v) is 5.34. The van der Waals surface area contributed by atoms with E-state index in [-0.39, 0.29) is 11.4 Å². The first kappa shape index (κ1) is 17.0. The van der Waals surface area contributed by atoms with Crippen molar-refractivity contribution < 1.29 is 24.2 Å². The number of aliphatic hydroxyl groups excluding tert-OH is 1. The van der Waals surface area contributed by atoms with E-state index in [1.54, 1.807) is 32.4 Å². The van der Waals surface area contributed by atoms with Crippen molar-refractivity contribution in [3.8, 4) is 5.75 Å². The van der Waals surface area contributed by atoms with Gasteiger partial charge in [-0.2, -0.15) is 0 Å². The first-order valence-corrected chi connectivity index (χ1v) is 7.39. The van der Waals surface area contributed by atoms with Crippen molar-refractivity contribution in [1.82, 2.24) is 4.90 Å². The van der Waals surface area contributed by atoms with Gasteiger partial charge in [0.25, 0.3) is 5.91 Å². The van der Waals surface area contributed by atoms with E-state index in [2.05, 4.69) is 0 Å². The maximum atomic E-state index is 12.3. The van der Waals surface area contributed by atoms with Crippen LogP contribution in [0.1, 0.15) is 24.9 Å². The number of benzene rings is 1. The number of hydrogen-bond acceptors (Lipinski definition) is 5. The van der Waals surface area contributed by atoms with Gasteiger partial charge in [0.2, 0.25) is 0 Å². The number of carbonyl (C=O) groups excluding carboxylic acids is 2. The minimum Gasteiger partial charge on any atom is -0.503 e. The van der Waals surface area contributed by atoms with Gasteiger partial charge in [-0.1, -0.05) is 12.1 Å². The molecule has 23 heavy (non-hydrogen) atoms. The smallest absolute Gasteiger partial charge is 0.290 e. The molecule has 124 valence electrons. The van der Waals surface area contributed by atoms with E-state index < -0.39 is 17.7 Å². The summed E-state index contributed by atoms with van der Waals surface area (Å²) in [5.41, 5.74) is 0.852. The molecule has 0 unspecified atom stereocenters. The largest absolute Gasteiger partial charge is 0.503 e. The maximum absolute atomic E-state index is 12.3. The number of ketones is 1. The topological polar surface area (TPSA) is 76.1 Å². The van der Waals surface area contributed by atoms with Crippen molar-refractivity contribution in [3.63, 3.8) is 0 Å². The number of hydrogen-bond donors (Lipinski definition) is 1. The lowest BCUT2D eigenvalue weighted by atomic mass is 9.96. The minimum absolute atomic E-state index is 0.126. The Morgan fingerprint density at radius 3 is 2.70 bits per heavy atom. The molecular weight excluding hydrogens is 298 g/mol. The van der Waals surface area contributed by atoms with E-state index in [1.165, 1.54) is 11.8 Å². The van der Waals surface area contributed by atoms with Crippen molar-refractivity contribution in [1.29, 1.82) is 0 Å². The summed E-state index contributed by atoms with van der Waals surface area (Å²) in [6.45, 7) is 2.23. The SMILES string of the molecule is COCCCN1C(=O)C(O)=C(C(C)=O)[C@H]1c1cccc(OC)c1. The third kappa shape index (κ3) is 3.37. The van der Waals surface area contributed by atoms with E-state index in [0.29, 0.717) is 25.3 Å². The Labute approximate surface area is 135 Å². The summed E-state index contributed by atoms with van der Waals surface area (Å²) in [4.78, 5) is 25.8. The lowest BCUT2D eigenvalue weighted by molar-refractivity contribution is -0.129. The molecule has 0 aromatic heterocycles. The highest BCUT2D eigenvalue weighted by molar-refractivity contribution is 6.08. The molecule has 1 heterocycles. The fourth-order valence-electron chi connectivity index (χ4n) is 2.78. The number of ether oxygens (including phenoxy) is 2. The molecule has 1 amide bonds. The number of amides is 1. The Kier molecular flexibility index (Phi) is 5.39. The standard InChI is InChI=1S/C17H21NO5/c1-11(19)14-15(12-6-4-7-13(10-12)23-3)18(8-5-9-22-2)17(21)16(14)20/h4,6-7,10,15,20H,5,8-9H2,1-3H3/t15-/m1/s1. The number of aliphatic hydroxyl groups is 1. The summed E-state index contributed by atoms with van der Waals surface area (Å²) in [7, 11) is 3.14. The molecule has 1 aromatic rings. The first-order chi connectivity index (χ1) is 11.0. The van der Waals surface area contributed by atoms with Crippen LogP contribution >= 0.6 is 0 Å². The molecule has 0 spiro atoms. The van der Waals surface area contributed by atoms with E-state index in [4.69, 9.17) is 9.47 Å². The third-order valence-corrected chi connectivity index (χ3v) is 3.84. The van der Waals surface area contributed by atoms with Crippen LogP contribution in [0.3, 0.4) is 0 Å². The van der Waals surface area contributed by atoms with Crippen LogP contribution in [0.4, 0.5) is 0 Å². The zero-order valence-electron chi connectivity index (χ0n) is 13.5. The highest BCUT2D eigenvalue weighted by Gasteiger charge is 2.42. The fourth-order valence-corrected chi connectivity index (χ4v) is 2.78. The van der Waals surface area contributed by atoms with Gasteiger partial charge in [-0.25, -0.2) is 0 Å². The van der Waals surface area contributed by atoms with Crippen LogP contribution in [0.5, 0.6) is 5.75 Å². The Morgan fingerprint density at radius 2 is 2.09 bits per heavy atom. The van der Waals surface area contributed by atoms with E-state index in [9.17, 15) is 14.7 Å². The lowest BCUT2D eigenvalue weighted by Gasteiger charge is -2.26. The molecular formula is C17H21NO5. The zero-order chi connectivity index (χ0) is 17.0. The predicted octanol–water partition coefficient (Wildman–Crippen LogP) is 2.02. The summed E-state index contributed by atoms with van der Waals surface area (Å²) < 4.78 is 10.2. The number of carbonyl (C=O) groups is 2. The van der Waals surface area contributed by atoms with Gasteiger partial charge in [0.1, 0.15) is 5.75 Å². The van der Waals surface area contributed by atoms with Gasteiger partial charge in [0.05, 0.1) is 18.7 Å². The van der Waals surface area contributed by atoms with Gasteiger partial charge in [-0.3, -0.25) is 9.59 Å². The van der Waals surface area contributed by atoms with Crippen molar-refractivity contribution in [2.75, 3.05) is 27.4 Å². The molecule has 1 aliphatic rings. The van der Waals surface area contributed by atoms with Gasteiger partial charge in [0, 0.05) is 20.3 Å². The van der Waals surface area contributed by atoms with Gasteiger partial charge in [-0.05, 0) is 31.0 Å². The maximum Gasteiger partial charge on any atom is 0.290 e. The molecule has 6 nitrogen and oxygen atoms in total. The molecule has 0 bridgehead atoms. The summed E-state index contributed by atoms with van der Waals surface area (Å²) >= 11 is 0. The van der Waals surface area contributed by atoms with E-state index in [0.717, 1.165) is 5.56 Å². The van der Waals surface area contributed by atoms with Gasteiger partial charge >= 0.3 is 0 Å². The summed E-state index contributed by atoms with van der Waals surface area (Å²) in [5.74, 6) is -0.694. The normalized spacial score (nSPS) is 17.8. The second kappa shape index (κ2) is 7.28. The molecule has 0 aliphatic carbocycles. The fraction of sp³-hybridized carbons (Fsp3) is 0.412. The molecule has 1 aliphatic heterocycles. The van der Waals surface area contributed by atoms with Crippen molar-refractivity contribution in [2.24, 2.45) is 0 Å². The Balaban J connectivity index is 2.42. The molecule has 6 heteroatoms. The van der Waals surface area contributed by atoms with Crippen LogP contribution in [-0.2, 0) is 14.3 Å². The quantitative estimate of drug-likeness (QED) is 0.778. The summed E-state index contributed by atoms with van der Waals surface area (Å²) in [5, 5.41) is 10.1. The average molecular weight is 319 g/mol.